The Morgan fingerprint density at radius 2 is 2.05 bits per heavy atom. The van der Waals surface area contributed by atoms with E-state index in [9.17, 15) is 18.0 Å². The normalized spacial score (nSPS) is 16.3. The lowest BCUT2D eigenvalue weighted by atomic mass is 9.97. The zero-order valence-electron chi connectivity index (χ0n) is 20.3. The van der Waals surface area contributed by atoms with Gasteiger partial charge in [0.25, 0.3) is 0 Å². The van der Waals surface area contributed by atoms with Gasteiger partial charge in [-0.1, -0.05) is 23.5 Å². The molecule has 1 aliphatic rings. The number of pyridine rings is 1. The summed E-state index contributed by atoms with van der Waals surface area (Å²) in [6.45, 7) is 4.82. The maximum Gasteiger partial charge on any atom is 0.416 e. The Balaban J connectivity index is 1.48. The van der Waals surface area contributed by atoms with E-state index < -0.39 is 11.7 Å². The first-order valence-corrected chi connectivity index (χ1v) is 12.7. The van der Waals surface area contributed by atoms with Crippen LogP contribution < -0.4 is 10.1 Å². The van der Waals surface area contributed by atoms with Crippen LogP contribution in [0.25, 0.3) is 21.3 Å². The third-order valence-corrected chi connectivity index (χ3v) is 7.36. The molecule has 6 nitrogen and oxygen atoms in total. The topological polar surface area (TPSA) is 67.3 Å². The number of rotatable bonds is 6. The van der Waals surface area contributed by atoms with Gasteiger partial charge in [0, 0.05) is 31.8 Å². The smallest absolute Gasteiger partial charge is 0.416 e. The van der Waals surface area contributed by atoms with Gasteiger partial charge in [0.05, 0.1) is 10.3 Å². The molecule has 4 aromatic rings. The third kappa shape index (κ3) is 5.60. The monoisotopic (exact) mass is 526 g/mol. The lowest BCUT2D eigenvalue weighted by molar-refractivity contribution is -0.137. The second-order valence-corrected chi connectivity index (χ2v) is 10.1. The number of aromatic nitrogens is 2. The Morgan fingerprint density at radius 1 is 1.22 bits per heavy atom. The van der Waals surface area contributed by atoms with Crippen LogP contribution in [0, 0.1) is 0 Å². The minimum atomic E-state index is -4.42. The van der Waals surface area contributed by atoms with Crippen molar-refractivity contribution in [3.05, 3.63) is 65.9 Å². The number of nitrogens with one attached hydrogen (secondary N) is 1. The first kappa shape index (κ1) is 25.2. The van der Waals surface area contributed by atoms with Crippen LogP contribution in [-0.4, -0.2) is 33.4 Å². The molecule has 37 heavy (non-hydrogen) atoms. The van der Waals surface area contributed by atoms with E-state index in [2.05, 4.69) is 27.1 Å². The fourth-order valence-corrected chi connectivity index (χ4v) is 5.51. The van der Waals surface area contributed by atoms with Gasteiger partial charge in [-0.15, -0.1) is 0 Å². The molecule has 0 spiro atoms. The molecule has 2 aromatic heterocycles. The molecular weight excluding hydrogens is 501 g/mol. The average molecular weight is 527 g/mol. The summed E-state index contributed by atoms with van der Waals surface area (Å²) in [7, 11) is 0. The Kier molecular flexibility index (Phi) is 6.87. The number of para-hydroxylation sites is 1. The van der Waals surface area contributed by atoms with Crippen molar-refractivity contribution in [3.8, 4) is 22.8 Å². The summed E-state index contributed by atoms with van der Waals surface area (Å²) in [5.74, 6) is 0.541. The van der Waals surface area contributed by atoms with Crippen LogP contribution in [0.1, 0.15) is 37.8 Å². The second kappa shape index (κ2) is 10.1. The number of alkyl halides is 3. The van der Waals surface area contributed by atoms with Crippen LogP contribution in [0.15, 0.2) is 54.7 Å². The molecule has 10 heteroatoms. The summed E-state index contributed by atoms with van der Waals surface area (Å²) in [5.41, 5.74) is 1.96. The second-order valence-electron chi connectivity index (χ2n) is 9.12. The van der Waals surface area contributed by atoms with Gasteiger partial charge in [0.1, 0.15) is 5.52 Å². The molecule has 192 valence electrons. The fourth-order valence-electron chi connectivity index (χ4n) is 4.58. The third-order valence-electron chi connectivity index (χ3n) is 6.42. The summed E-state index contributed by atoms with van der Waals surface area (Å²) in [4.78, 5) is 22.4. The van der Waals surface area contributed by atoms with Crippen molar-refractivity contribution in [1.29, 1.82) is 0 Å². The fraction of sp³-hybridized carbons (Fsp3) is 0.296. The maximum atomic E-state index is 13.5. The molecule has 0 unspecified atom stereocenters. The molecule has 1 amide bonds. The first-order chi connectivity index (χ1) is 17.7. The molecular formula is C27H25F3N4O2S. The van der Waals surface area contributed by atoms with Crippen molar-refractivity contribution >= 4 is 32.6 Å². The molecule has 1 atom stereocenters. The number of thiazole rings is 1. The van der Waals surface area contributed by atoms with Crippen LogP contribution in [0.5, 0.6) is 11.6 Å². The van der Waals surface area contributed by atoms with Gasteiger partial charge in [-0.05, 0) is 73.3 Å². The minimum Gasteiger partial charge on any atom is -0.437 e. The number of amides is 1. The molecule has 1 saturated heterocycles. The molecule has 0 radical (unpaired) electrons. The predicted octanol–water partition coefficient (Wildman–Crippen LogP) is 7.11. The van der Waals surface area contributed by atoms with Gasteiger partial charge >= 0.3 is 6.18 Å². The summed E-state index contributed by atoms with van der Waals surface area (Å²) < 4.78 is 47.5. The highest BCUT2D eigenvalue weighted by Gasteiger charge is 2.32. The Hall–Kier alpha value is -3.50. The molecule has 0 bridgehead atoms. The molecule has 1 aliphatic heterocycles. The van der Waals surface area contributed by atoms with E-state index in [1.165, 1.54) is 30.4 Å². The molecule has 2 aromatic carbocycles. The zero-order valence-corrected chi connectivity index (χ0v) is 21.1. The molecule has 1 N–H and O–H groups in total. The lowest BCUT2D eigenvalue weighted by Gasteiger charge is -2.23. The average Bonchev–Trinajstić information content (AvgIpc) is 3.44. The van der Waals surface area contributed by atoms with Gasteiger partial charge in [-0.2, -0.15) is 13.2 Å². The maximum absolute atomic E-state index is 13.5. The van der Waals surface area contributed by atoms with Crippen molar-refractivity contribution in [2.45, 2.75) is 45.5 Å². The van der Waals surface area contributed by atoms with Crippen LogP contribution in [0.4, 0.5) is 18.3 Å². The number of fused-ring (bicyclic) bond motifs is 1. The van der Waals surface area contributed by atoms with Crippen molar-refractivity contribution in [2.75, 3.05) is 11.9 Å². The Bertz CT molecular complexity index is 1450. The summed E-state index contributed by atoms with van der Waals surface area (Å²) in [6.07, 6.45) is -0.769. The number of benzene rings is 2. The van der Waals surface area contributed by atoms with Crippen molar-refractivity contribution < 1.29 is 22.7 Å². The predicted molar refractivity (Wildman–Crippen MR) is 138 cm³/mol. The van der Waals surface area contributed by atoms with E-state index in [1.807, 2.05) is 12.1 Å². The zero-order chi connectivity index (χ0) is 26.2. The number of carbonyl (C=O) groups excluding carboxylic acids is 1. The number of likely N-dealkylation sites (tertiary alicyclic amines) is 1. The largest absolute Gasteiger partial charge is 0.437 e. The Morgan fingerprint density at radius 3 is 2.78 bits per heavy atom. The van der Waals surface area contributed by atoms with Crippen molar-refractivity contribution in [2.24, 2.45) is 0 Å². The molecule has 1 fully saturated rings. The number of ether oxygens (including phenoxy) is 1. The highest BCUT2D eigenvalue weighted by atomic mass is 32.1. The highest BCUT2D eigenvalue weighted by molar-refractivity contribution is 7.22. The van der Waals surface area contributed by atoms with E-state index in [-0.39, 0.29) is 5.91 Å². The number of halogens is 3. The standard InChI is InChI=1S/C27H25F3N4O2S/c1-16-5-4-12-34(16)15-19-13-20(27(28,29)30)8-9-21(19)18-10-11-31-24(14-18)36-22-6-3-7-23-25(22)33-26(37-23)32-17(2)35/h3,6-11,13-14,16H,4-5,12,15H2,1-2H3,(H,32,33,35)/t16-/m0/s1. The van der Waals surface area contributed by atoms with Crippen molar-refractivity contribution in [3.63, 3.8) is 0 Å². The van der Waals surface area contributed by atoms with Crippen LogP contribution in [0.3, 0.4) is 0 Å². The molecule has 5 rings (SSSR count). The van der Waals surface area contributed by atoms with Gasteiger partial charge in [0.2, 0.25) is 11.8 Å². The quantitative estimate of drug-likeness (QED) is 0.290. The van der Waals surface area contributed by atoms with Crippen LogP contribution >= 0.6 is 11.3 Å². The van der Waals surface area contributed by atoms with E-state index in [0.717, 1.165) is 30.2 Å². The van der Waals surface area contributed by atoms with Gasteiger partial charge in [0.15, 0.2) is 10.9 Å². The molecule has 0 aliphatic carbocycles. The van der Waals surface area contributed by atoms with E-state index >= 15 is 0 Å². The van der Waals surface area contributed by atoms with Gasteiger partial charge in [-0.25, -0.2) is 9.97 Å². The van der Waals surface area contributed by atoms with E-state index in [4.69, 9.17) is 4.74 Å². The van der Waals surface area contributed by atoms with E-state index in [1.54, 1.807) is 24.4 Å². The van der Waals surface area contributed by atoms with Gasteiger partial charge < -0.3 is 10.1 Å². The Labute approximate surface area is 216 Å². The number of hydrogen-bond acceptors (Lipinski definition) is 6. The summed E-state index contributed by atoms with van der Waals surface area (Å²) >= 11 is 1.33. The lowest BCUT2D eigenvalue weighted by Crippen LogP contribution is -2.26. The first-order valence-electron chi connectivity index (χ1n) is 11.9. The minimum absolute atomic E-state index is 0.216. The number of hydrogen-bond donors (Lipinski definition) is 1. The SMILES string of the molecule is CC(=O)Nc1nc2c(Oc3cc(-c4ccc(C(F)(F)F)cc4CN4CCC[C@@H]4C)ccn3)cccc2s1. The number of anilines is 1. The molecule has 0 saturated carbocycles. The molecule has 3 heterocycles. The van der Waals surface area contributed by atoms with E-state index in [0.29, 0.717) is 51.6 Å². The van der Waals surface area contributed by atoms with Crippen LogP contribution in [-0.2, 0) is 17.5 Å². The summed E-state index contributed by atoms with van der Waals surface area (Å²) in [5, 5.41) is 3.15. The number of nitrogens with zero attached hydrogens (tertiary/aromatic N) is 3. The number of carbonyl (C=O) groups is 1. The van der Waals surface area contributed by atoms with Gasteiger partial charge in [-0.3, -0.25) is 9.69 Å². The van der Waals surface area contributed by atoms with Crippen molar-refractivity contribution in [1.82, 2.24) is 14.9 Å². The van der Waals surface area contributed by atoms with Crippen LogP contribution in [0.2, 0.25) is 0 Å². The highest BCUT2D eigenvalue weighted by Crippen LogP contribution is 2.37. The summed E-state index contributed by atoms with van der Waals surface area (Å²) in [6, 6.07) is 13.2.